The van der Waals surface area contributed by atoms with Gasteiger partial charge < -0.3 is 14.1 Å². The molecule has 0 bridgehead atoms. The van der Waals surface area contributed by atoms with Crippen LogP contribution < -0.4 is 0 Å². The molecule has 0 fully saturated rings. The van der Waals surface area contributed by atoms with Gasteiger partial charge in [0.1, 0.15) is 12.2 Å². The molecule has 5 nitrogen and oxygen atoms in total. The molecule has 0 spiro atoms. The number of nitrogens with zero attached hydrogens (tertiary/aromatic N) is 1. The standard InChI is InChI=1S/C13H19NO4/c1-4-17-13(16)12(9(2)3)11-8-10(14-18-11)6-5-7-15/h7-9,12H,4-6H2,1-3H3. The number of ether oxygens (including phenoxy) is 1. The number of carbonyl (C=O) groups excluding carboxylic acids is 2. The normalized spacial score (nSPS) is 12.4. The third-order valence-electron chi connectivity index (χ3n) is 2.61. The van der Waals surface area contributed by atoms with E-state index in [1.807, 2.05) is 13.8 Å². The van der Waals surface area contributed by atoms with Gasteiger partial charge in [-0.05, 0) is 19.3 Å². The Hall–Kier alpha value is -1.65. The van der Waals surface area contributed by atoms with Crippen molar-refractivity contribution in [2.45, 2.75) is 39.5 Å². The van der Waals surface area contributed by atoms with E-state index >= 15 is 0 Å². The Bertz CT molecular complexity index is 397. The van der Waals surface area contributed by atoms with Crippen molar-refractivity contribution in [3.63, 3.8) is 0 Å². The Morgan fingerprint density at radius 2 is 2.28 bits per heavy atom. The summed E-state index contributed by atoms with van der Waals surface area (Å²) < 4.78 is 10.2. The van der Waals surface area contributed by atoms with Crippen LogP contribution in [0.1, 0.15) is 44.6 Å². The van der Waals surface area contributed by atoms with Gasteiger partial charge in [-0.2, -0.15) is 0 Å². The maximum atomic E-state index is 11.8. The summed E-state index contributed by atoms with van der Waals surface area (Å²) in [7, 11) is 0. The third kappa shape index (κ3) is 3.68. The number of rotatable bonds is 7. The lowest BCUT2D eigenvalue weighted by molar-refractivity contribution is -0.146. The summed E-state index contributed by atoms with van der Waals surface area (Å²) in [5, 5.41) is 3.86. The SMILES string of the molecule is CCOC(=O)C(c1cc(CCC=O)no1)C(C)C. The van der Waals surface area contributed by atoms with Crippen LogP contribution in [0.2, 0.25) is 0 Å². The molecule has 0 radical (unpaired) electrons. The summed E-state index contributed by atoms with van der Waals surface area (Å²) >= 11 is 0. The summed E-state index contributed by atoms with van der Waals surface area (Å²) in [5.74, 6) is -0.173. The largest absolute Gasteiger partial charge is 0.465 e. The average Bonchev–Trinajstić information content (AvgIpc) is 2.75. The molecule has 0 amide bonds. The molecule has 1 rings (SSSR count). The highest BCUT2D eigenvalue weighted by Gasteiger charge is 2.29. The van der Waals surface area contributed by atoms with Gasteiger partial charge >= 0.3 is 5.97 Å². The fraction of sp³-hybridized carbons (Fsp3) is 0.615. The van der Waals surface area contributed by atoms with Gasteiger partial charge in [-0.15, -0.1) is 0 Å². The van der Waals surface area contributed by atoms with Crippen LogP contribution in [0.15, 0.2) is 10.6 Å². The summed E-state index contributed by atoms with van der Waals surface area (Å²) in [6.07, 6.45) is 1.76. The van der Waals surface area contributed by atoms with Gasteiger partial charge in [-0.25, -0.2) is 0 Å². The zero-order valence-electron chi connectivity index (χ0n) is 11.0. The van der Waals surface area contributed by atoms with E-state index in [0.29, 0.717) is 30.9 Å². The van der Waals surface area contributed by atoms with E-state index in [1.54, 1.807) is 13.0 Å². The van der Waals surface area contributed by atoms with Crippen LogP contribution in [0.3, 0.4) is 0 Å². The zero-order chi connectivity index (χ0) is 13.5. The molecule has 1 heterocycles. The van der Waals surface area contributed by atoms with Crippen molar-refractivity contribution in [2.24, 2.45) is 5.92 Å². The smallest absolute Gasteiger partial charge is 0.317 e. The van der Waals surface area contributed by atoms with E-state index in [2.05, 4.69) is 5.16 Å². The Morgan fingerprint density at radius 3 is 2.83 bits per heavy atom. The second-order valence-electron chi connectivity index (χ2n) is 4.40. The third-order valence-corrected chi connectivity index (χ3v) is 2.61. The first-order chi connectivity index (χ1) is 8.60. The lowest BCUT2D eigenvalue weighted by Gasteiger charge is -2.15. The minimum atomic E-state index is -0.442. The van der Waals surface area contributed by atoms with Crippen LogP contribution in [0.4, 0.5) is 0 Å². The Kier molecular flexibility index (Phi) is 5.55. The number of hydrogen-bond donors (Lipinski definition) is 0. The highest BCUT2D eigenvalue weighted by Crippen LogP contribution is 2.26. The molecule has 0 saturated heterocycles. The molecule has 0 saturated carbocycles. The fourth-order valence-electron chi connectivity index (χ4n) is 1.75. The Labute approximate surface area is 106 Å². The number of aromatic nitrogens is 1. The molecule has 1 aromatic rings. The lowest BCUT2D eigenvalue weighted by Crippen LogP contribution is -2.20. The van der Waals surface area contributed by atoms with Crippen molar-refractivity contribution in [2.75, 3.05) is 6.61 Å². The predicted molar refractivity (Wildman–Crippen MR) is 65.1 cm³/mol. The summed E-state index contributed by atoms with van der Waals surface area (Å²) in [5.41, 5.74) is 0.687. The number of carbonyl (C=O) groups is 2. The van der Waals surface area contributed by atoms with E-state index in [1.165, 1.54) is 0 Å². The van der Waals surface area contributed by atoms with Gasteiger partial charge in [-0.3, -0.25) is 4.79 Å². The number of aldehydes is 1. The van der Waals surface area contributed by atoms with E-state index in [4.69, 9.17) is 9.26 Å². The van der Waals surface area contributed by atoms with Crippen LogP contribution in [0, 0.1) is 5.92 Å². The summed E-state index contributed by atoms with van der Waals surface area (Å²) in [6.45, 7) is 5.96. The molecule has 5 heteroatoms. The predicted octanol–water partition coefficient (Wildman–Crippen LogP) is 2.11. The maximum Gasteiger partial charge on any atom is 0.317 e. The molecule has 100 valence electrons. The minimum Gasteiger partial charge on any atom is -0.465 e. The molecule has 1 atom stereocenters. The monoisotopic (exact) mass is 253 g/mol. The zero-order valence-corrected chi connectivity index (χ0v) is 11.0. The quantitative estimate of drug-likeness (QED) is 0.550. The summed E-state index contributed by atoms with van der Waals surface area (Å²) in [6, 6.07) is 1.73. The Morgan fingerprint density at radius 1 is 1.56 bits per heavy atom. The second kappa shape index (κ2) is 6.93. The second-order valence-corrected chi connectivity index (χ2v) is 4.40. The van der Waals surface area contributed by atoms with E-state index in [0.717, 1.165) is 6.29 Å². The minimum absolute atomic E-state index is 0.0657. The molecule has 0 aliphatic rings. The van der Waals surface area contributed by atoms with Gasteiger partial charge in [0, 0.05) is 12.5 Å². The molecule has 1 aromatic heterocycles. The van der Waals surface area contributed by atoms with Gasteiger partial charge in [0.2, 0.25) is 0 Å². The number of hydrogen-bond acceptors (Lipinski definition) is 5. The lowest BCUT2D eigenvalue weighted by atomic mass is 9.93. The first-order valence-electron chi connectivity index (χ1n) is 6.15. The van der Waals surface area contributed by atoms with Gasteiger partial charge in [0.25, 0.3) is 0 Å². The van der Waals surface area contributed by atoms with Crippen molar-refractivity contribution >= 4 is 12.3 Å². The van der Waals surface area contributed by atoms with Crippen molar-refractivity contribution in [3.05, 3.63) is 17.5 Å². The van der Waals surface area contributed by atoms with Gasteiger partial charge in [0.05, 0.1) is 12.3 Å². The highest BCUT2D eigenvalue weighted by molar-refractivity contribution is 5.77. The van der Waals surface area contributed by atoms with Crippen LogP contribution in [-0.4, -0.2) is 24.0 Å². The van der Waals surface area contributed by atoms with Crippen molar-refractivity contribution in [1.82, 2.24) is 5.16 Å². The number of esters is 1. The number of aryl methyl sites for hydroxylation is 1. The molecule has 0 aromatic carbocycles. The van der Waals surface area contributed by atoms with E-state index in [9.17, 15) is 9.59 Å². The molecule has 18 heavy (non-hydrogen) atoms. The van der Waals surface area contributed by atoms with Crippen molar-refractivity contribution < 1.29 is 18.8 Å². The van der Waals surface area contributed by atoms with Crippen molar-refractivity contribution in [3.8, 4) is 0 Å². The first-order valence-corrected chi connectivity index (χ1v) is 6.15. The topological polar surface area (TPSA) is 69.4 Å². The first kappa shape index (κ1) is 14.4. The van der Waals surface area contributed by atoms with Crippen LogP contribution in [0.25, 0.3) is 0 Å². The Balaban J connectivity index is 2.82. The highest BCUT2D eigenvalue weighted by atomic mass is 16.5. The molecule has 0 N–H and O–H groups in total. The summed E-state index contributed by atoms with van der Waals surface area (Å²) in [4.78, 5) is 22.1. The van der Waals surface area contributed by atoms with Crippen LogP contribution in [-0.2, 0) is 20.7 Å². The van der Waals surface area contributed by atoms with Crippen LogP contribution in [0.5, 0.6) is 0 Å². The molecule has 1 unspecified atom stereocenters. The van der Waals surface area contributed by atoms with Gasteiger partial charge in [0.15, 0.2) is 5.76 Å². The van der Waals surface area contributed by atoms with E-state index in [-0.39, 0.29) is 11.9 Å². The molecule has 0 aliphatic heterocycles. The molecule has 0 aliphatic carbocycles. The average molecular weight is 253 g/mol. The maximum absolute atomic E-state index is 11.8. The van der Waals surface area contributed by atoms with E-state index < -0.39 is 5.92 Å². The molecular weight excluding hydrogens is 234 g/mol. The fourth-order valence-corrected chi connectivity index (χ4v) is 1.75. The van der Waals surface area contributed by atoms with Gasteiger partial charge in [-0.1, -0.05) is 19.0 Å². The van der Waals surface area contributed by atoms with Crippen molar-refractivity contribution in [1.29, 1.82) is 0 Å². The van der Waals surface area contributed by atoms with Crippen LogP contribution >= 0.6 is 0 Å². The molecular formula is C13H19NO4.